The maximum Gasteiger partial charge on any atom is 0.306 e. The minimum absolute atomic E-state index is 0.0338. The van der Waals surface area contributed by atoms with E-state index in [2.05, 4.69) is 20.2 Å². The molecule has 1 aromatic heterocycles. The van der Waals surface area contributed by atoms with Crippen molar-refractivity contribution in [2.45, 2.75) is 12.8 Å². The van der Waals surface area contributed by atoms with Crippen LogP contribution in [0, 0.1) is 0 Å². The standard InChI is InChI=1S/C19H17N3O4/c1-25-17(24)11-10-16(23)20-15-9-5-8-14(12-15)19-21-18(22-26-19)13-6-3-2-4-7-13/h2-9,12H,10-11H2,1H3,(H,20,23). The predicted octanol–water partition coefficient (Wildman–Crippen LogP) is 3.30. The minimum atomic E-state index is -0.423. The summed E-state index contributed by atoms with van der Waals surface area (Å²) in [6.45, 7) is 0. The van der Waals surface area contributed by atoms with E-state index < -0.39 is 5.97 Å². The van der Waals surface area contributed by atoms with Gasteiger partial charge in [0.2, 0.25) is 11.7 Å². The van der Waals surface area contributed by atoms with Gasteiger partial charge in [0.05, 0.1) is 13.5 Å². The molecular formula is C19H17N3O4. The smallest absolute Gasteiger partial charge is 0.306 e. The average molecular weight is 351 g/mol. The first-order chi connectivity index (χ1) is 12.7. The summed E-state index contributed by atoms with van der Waals surface area (Å²) >= 11 is 0. The number of rotatable bonds is 6. The Balaban J connectivity index is 1.71. The number of aromatic nitrogens is 2. The number of anilines is 1. The molecule has 7 nitrogen and oxygen atoms in total. The van der Waals surface area contributed by atoms with E-state index in [0.717, 1.165) is 5.56 Å². The lowest BCUT2D eigenvalue weighted by Crippen LogP contribution is -2.13. The van der Waals surface area contributed by atoms with Crippen molar-refractivity contribution in [3.8, 4) is 22.8 Å². The van der Waals surface area contributed by atoms with Gasteiger partial charge in [0, 0.05) is 23.2 Å². The largest absolute Gasteiger partial charge is 0.469 e. The number of nitrogens with zero attached hydrogens (tertiary/aromatic N) is 2. The maximum atomic E-state index is 11.9. The van der Waals surface area contributed by atoms with E-state index in [4.69, 9.17) is 4.52 Å². The molecule has 7 heteroatoms. The number of benzene rings is 2. The quantitative estimate of drug-likeness (QED) is 0.685. The van der Waals surface area contributed by atoms with Crippen molar-refractivity contribution in [2.24, 2.45) is 0 Å². The van der Waals surface area contributed by atoms with E-state index >= 15 is 0 Å². The van der Waals surface area contributed by atoms with Crippen LogP contribution in [0.25, 0.3) is 22.8 Å². The van der Waals surface area contributed by atoms with Crippen LogP contribution in [0.1, 0.15) is 12.8 Å². The van der Waals surface area contributed by atoms with Gasteiger partial charge in [-0.1, -0.05) is 41.6 Å². The molecule has 3 aromatic rings. The molecule has 1 N–H and O–H groups in total. The number of carbonyl (C=O) groups is 2. The van der Waals surface area contributed by atoms with Gasteiger partial charge in [0.15, 0.2) is 0 Å². The van der Waals surface area contributed by atoms with Crippen LogP contribution in [0.15, 0.2) is 59.1 Å². The van der Waals surface area contributed by atoms with Crippen LogP contribution in [0.5, 0.6) is 0 Å². The van der Waals surface area contributed by atoms with E-state index in [1.165, 1.54) is 7.11 Å². The summed E-state index contributed by atoms with van der Waals surface area (Å²) in [7, 11) is 1.29. The molecule has 0 atom stereocenters. The molecule has 0 fully saturated rings. The summed E-state index contributed by atoms with van der Waals surface area (Å²) in [5.41, 5.74) is 2.12. The summed E-state index contributed by atoms with van der Waals surface area (Å²) < 4.78 is 9.84. The van der Waals surface area contributed by atoms with Gasteiger partial charge in [-0.3, -0.25) is 9.59 Å². The Hall–Kier alpha value is -3.48. The van der Waals surface area contributed by atoms with Crippen molar-refractivity contribution in [2.75, 3.05) is 12.4 Å². The van der Waals surface area contributed by atoms with Gasteiger partial charge in [-0.25, -0.2) is 0 Å². The average Bonchev–Trinajstić information content (AvgIpc) is 3.17. The van der Waals surface area contributed by atoms with E-state index in [1.807, 2.05) is 36.4 Å². The molecule has 0 unspecified atom stereocenters. The highest BCUT2D eigenvalue weighted by Gasteiger charge is 2.12. The number of hydrogen-bond donors (Lipinski definition) is 1. The molecule has 0 radical (unpaired) electrons. The number of nitrogens with one attached hydrogen (secondary N) is 1. The molecule has 0 saturated heterocycles. The highest BCUT2D eigenvalue weighted by molar-refractivity contribution is 5.93. The zero-order valence-electron chi connectivity index (χ0n) is 14.1. The Morgan fingerprint density at radius 2 is 1.81 bits per heavy atom. The molecule has 2 aromatic carbocycles. The Labute approximate surface area is 150 Å². The normalized spacial score (nSPS) is 10.3. The molecule has 26 heavy (non-hydrogen) atoms. The first kappa shape index (κ1) is 17.3. The Kier molecular flexibility index (Phi) is 5.38. The van der Waals surface area contributed by atoms with Crippen molar-refractivity contribution in [3.63, 3.8) is 0 Å². The summed E-state index contributed by atoms with van der Waals surface area (Å²) in [5.74, 6) is 0.152. The predicted molar refractivity (Wildman–Crippen MR) is 95.0 cm³/mol. The molecule has 0 aliphatic carbocycles. The topological polar surface area (TPSA) is 94.3 Å². The molecule has 132 valence electrons. The first-order valence-electron chi connectivity index (χ1n) is 8.02. The zero-order chi connectivity index (χ0) is 18.4. The van der Waals surface area contributed by atoms with Crippen LogP contribution in [0.4, 0.5) is 5.69 Å². The molecule has 1 amide bonds. The van der Waals surface area contributed by atoms with Gasteiger partial charge in [-0.2, -0.15) is 4.98 Å². The second-order valence-corrected chi connectivity index (χ2v) is 5.49. The van der Waals surface area contributed by atoms with Gasteiger partial charge in [-0.15, -0.1) is 0 Å². The van der Waals surface area contributed by atoms with Gasteiger partial charge >= 0.3 is 5.97 Å². The molecule has 0 saturated carbocycles. The lowest BCUT2D eigenvalue weighted by Gasteiger charge is -2.05. The monoisotopic (exact) mass is 351 g/mol. The lowest BCUT2D eigenvalue weighted by molar-refractivity contribution is -0.141. The minimum Gasteiger partial charge on any atom is -0.469 e. The third-order valence-electron chi connectivity index (χ3n) is 3.64. The molecule has 0 bridgehead atoms. The van der Waals surface area contributed by atoms with Crippen molar-refractivity contribution in [1.82, 2.24) is 10.1 Å². The van der Waals surface area contributed by atoms with E-state index in [-0.39, 0.29) is 18.7 Å². The van der Waals surface area contributed by atoms with Crippen molar-refractivity contribution < 1.29 is 18.8 Å². The zero-order valence-corrected chi connectivity index (χ0v) is 14.1. The fourth-order valence-corrected chi connectivity index (χ4v) is 2.32. The van der Waals surface area contributed by atoms with Crippen molar-refractivity contribution in [1.29, 1.82) is 0 Å². The van der Waals surface area contributed by atoms with Gasteiger partial charge in [0.1, 0.15) is 0 Å². The number of esters is 1. The van der Waals surface area contributed by atoms with Crippen LogP contribution in [-0.2, 0) is 14.3 Å². The van der Waals surface area contributed by atoms with E-state index in [1.54, 1.807) is 18.2 Å². The fraction of sp³-hybridized carbons (Fsp3) is 0.158. The van der Waals surface area contributed by atoms with Crippen LogP contribution < -0.4 is 5.32 Å². The first-order valence-corrected chi connectivity index (χ1v) is 8.02. The number of ether oxygens (including phenoxy) is 1. The van der Waals surface area contributed by atoms with Gasteiger partial charge in [-0.05, 0) is 18.2 Å². The maximum absolute atomic E-state index is 11.9. The van der Waals surface area contributed by atoms with Gasteiger partial charge in [0.25, 0.3) is 5.89 Å². The molecule has 0 spiro atoms. The summed E-state index contributed by atoms with van der Waals surface area (Å²) in [5, 5.41) is 6.72. The van der Waals surface area contributed by atoms with Crippen LogP contribution >= 0.6 is 0 Å². The summed E-state index contributed by atoms with van der Waals surface area (Å²) in [4.78, 5) is 27.4. The number of hydrogen-bond acceptors (Lipinski definition) is 6. The van der Waals surface area contributed by atoms with Crippen LogP contribution in [0.3, 0.4) is 0 Å². The third-order valence-corrected chi connectivity index (χ3v) is 3.64. The van der Waals surface area contributed by atoms with Crippen LogP contribution in [0.2, 0.25) is 0 Å². The third kappa shape index (κ3) is 4.32. The Bertz CT molecular complexity index is 906. The van der Waals surface area contributed by atoms with Crippen molar-refractivity contribution in [3.05, 3.63) is 54.6 Å². The molecular weight excluding hydrogens is 334 g/mol. The lowest BCUT2D eigenvalue weighted by atomic mass is 10.2. The molecule has 0 aliphatic rings. The molecule has 0 aliphatic heterocycles. The fourth-order valence-electron chi connectivity index (χ4n) is 2.32. The van der Waals surface area contributed by atoms with E-state index in [0.29, 0.717) is 23.0 Å². The summed E-state index contributed by atoms with van der Waals surface area (Å²) in [6, 6.07) is 16.6. The van der Waals surface area contributed by atoms with Crippen LogP contribution in [-0.4, -0.2) is 29.1 Å². The number of amides is 1. The molecule has 3 rings (SSSR count). The number of carbonyl (C=O) groups excluding carboxylic acids is 2. The van der Waals surface area contributed by atoms with Crippen molar-refractivity contribution >= 4 is 17.6 Å². The Morgan fingerprint density at radius 3 is 2.58 bits per heavy atom. The summed E-state index contributed by atoms with van der Waals surface area (Å²) in [6.07, 6.45) is 0.0851. The second-order valence-electron chi connectivity index (χ2n) is 5.49. The Morgan fingerprint density at radius 1 is 1.04 bits per heavy atom. The molecule has 1 heterocycles. The highest BCUT2D eigenvalue weighted by atomic mass is 16.5. The van der Waals surface area contributed by atoms with Gasteiger partial charge < -0.3 is 14.6 Å². The second kappa shape index (κ2) is 8.06. The SMILES string of the molecule is COC(=O)CCC(=O)Nc1cccc(-c2nc(-c3ccccc3)no2)c1. The number of methoxy groups -OCH3 is 1. The highest BCUT2D eigenvalue weighted by Crippen LogP contribution is 2.24. The van der Waals surface area contributed by atoms with E-state index in [9.17, 15) is 9.59 Å².